The largest absolute Gasteiger partial charge is 0.381 e. The molecule has 0 radical (unpaired) electrons. The van der Waals surface area contributed by atoms with Gasteiger partial charge in [0.2, 0.25) is 5.91 Å². The predicted octanol–water partition coefficient (Wildman–Crippen LogP) is 1.12. The number of nitrogens with one attached hydrogen (secondary N) is 2. The Morgan fingerprint density at radius 3 is 2.83 bits per heavy atom. The first kappa shape index (κ1) is 11.5. The fraction of sp³-hybridized carbons (Fsp3) is 0.667. The number of carbonyl (C=O) groups excluding carboxylic acids is 1. The molecule has 0 unspecified atom stereocenters. The van der Waals surface area contributed by atoms with Crippen LogP contribution in [0.3, 0.4) is 0 Å². The third-order valence-electron chi connectivity index (χ3n) is 3.80. The second kappa shape index (κ2) is 3.98. The molecule has 3 rings (SSSR count). The van der Waals surface area contributed by atoms with E-state index in [1.54, 1.807) is 0 Å². The van der Waals surface area contributed by atoms with E-state index in [0.717, 1.165) is 23.7 Å². The number of rotatable bonds is 1. The summed E-state index contributed by atoms with van der Waals surface area (Å²) in [6, 6.07) is 0. The summed E-state index contributed by atoms with van der Waals surface area (Å²) in [5.41, 5.74) is 1.15. The van der Waals surface area contributed by atoms with Crippen molar-refractivity contribution in [3.05, 3.63) is 5.69 Å². The quantitative estimate of drug-likeness (QED) is 0.784. The van der Waals surface area contributed by atoms with Gasteiger partial charge in [-0.3, -0.25) is 4.79 Å². The third-order valence-corrected chi connectivity index (χ3v) is 3.80. The van der Waals surface area contributed by atoms with Crippen LogP contribution in [0.25, 0.3) is 0 Å². The Morgan fingerprint density at radius 1 is 1.44 bits per heavy atom. The molecule has 98 valence electrons. The molecular weight excluding hydrogens is 232 g/mol. The van der Waals surface area contributed by atoms with Crippen molar-refractivity contribution in [2.24, 2.45) is 0 Å². The van der Waals surface area contributed by atoms with Crippen LogP contribution in [0.15, 0.2) is 0 Å². The van der Waals surface area contributed by atoms with Crippen molar-refractivity contribution in [1.29, 1.82) is 0 Å². The lowest BCUT2D eigenvalue weighted by molar-refractivity contribution is -0.123. The molecule has 0 atom stereocenters. The van der Waals surface area contributed by atoms with Gasteiger partial charge in [0.1, 0.15) is 17.0 Å². The van der Waals surface area contributed by atoms with Crippen molar-refractivity contribution in [2.75, 3.05) is 23.8 Å². The SMILES string of the molecule is CCn1nc(C)c2c1NC1(CCOCC1)C(=O)N2. The first-order valence-corrected chi connectivity index (χ1v) is 6.41. The van der Waals surface area contributed by atoms with Crippen LogP contribution in [0.1, 0.15) is 25.5 Å². The molecule has 3 heterocycles. The first-order valence-electron chi connectivity index (χ1n) is 6.41. The molecular formula is C12H18N4O2. The molecule has 18 heavy (non-hydrogen) atoms. The second-order valence-corrected chi connectivity index (χ2v) is 4.90. The highest BCUT2D eigenvalue weighted by atomic mass is 16.5. The van der Waals surface area contributed by atoms with Crippen molar-refractivity contribution >= 4 is 17.4 Å². The van der Waals surface area contributed by atoms with Crippen LogP contribution in [0.2, 0.25) is 0 Å². The van der Waals surface area contributed by atoms with Gasteiger partial charge < -0.3 is 15.4 Å². The van der Waals surface area contributed by atoms with E-state index in [2.05, 4.69) is 15.7 Å². The summed E-state index contributed by atoms with van der Waals surface area (Å²) in [5.74, 6) is 0.966. The minimum atomic E-state index is -0.523. The first-order chi connectivity index (χ1) is 8.66. The van der Waals surface area contributed by atoms with Crippen molar-refractivity contribution < 1.29 is 9.53 Å². The summed E-state index contributed by atoms with van der Waals surface area (Å²) < 4.78 is 7.26. The van der Waals surface area contributed by atoms with E-state index in [-0.39, 0.29) is 5.91 Å². The lowest BCUT2D eigenvalue weighted by Gasteiger charge is -2.40. The Kier molecular flexibility index (Phi) is 2.55. The summed E-state index contributed by atoms with van der Waals surface area (Å²) in [6.45, 7) is 5.98. The Balaban J connectivity index is 2.01. The van der Waals surface area contributed by atoms with E-state index in [9.17, 15) is 4.79 Å². The van der Waals surface area contributed by atoms with Crippen LogP contribution in [-0.2, 0) is 16.1 Å². The molecule has 2 N–H and O–H groups in total. The number of nitrogens with zero attached hydrogens (tertiary/aromatic N) is 2. The van der Waals surface area contributed by atoms with Crippen LogP contribution in [0.4, 0.5) is 11.5 Å². The molecule has 0 aliphatic carbocycles. The average Bonchev–Trinajstić information content (AvgIpc) is 2.68. The van der Waals surface area contributed by atoms with Gasteiger partial charge in [0, 0.05) is 32.6 Å². The maximum Gasteiger partial charge on any atom is 0.250 e. The molecule has 1 spiro atoms. The Morgan fingerprint density at radius 2 is 2.17 bits per heavy atom. The van der Waals surface area contributed by atoms with E-state index in [1.165, 1.54) is 0 Å². The topological polar surface area (TPSA) is 68.2 Å². The van der Waals surface area contributed by atoms with E-state index in [0.29, 0.717) is 26.1 Å². The van der Waals surface area contributed by atoms with E-state index < -0.39 is 5.54 Å². The molecule has 6 nitrogen and oxygen atoms in total. The lowest BCUT2D eigenvalue weighted by Crippen LogP contribution is -2.55. The van der Waals surface area contributed by atoms with Gasteiger partial charge in [0.05, 0.1) is 5.69 Å². The molecule has 2 aliphatic rings. The minimum Gasteiger partial charge on any atom is -0.381 e. The van der Waals surface area contributed by atoms with E-state index in [4.69, 9.17) is 4.74 Å². The molecule has 1 amide bonds. The Labute approximate surface area is 106 Å². The molecule has 6 heteroatoms. The van der Waals surface area contributed by atoms with E-state index >= 15 is 0 Å². The summed E-state index contributed by atoms with van der Waals surface area (Å²) in [4.78, 5) is 12.3. The van der Waals surface area contributed by atoms with Crippen molar-refractivity contribution in [3.8, 4) is 0 Å². The number of carbonyl (C=O) groups is 1. The molecule has 1 aromatic heterocycles. The average molecular weight is 250 g/mol. The molecule has 2 aliphatic heterocycles. The summed E-state index contributed by atoms with van der Waals surface area (Å²) in [7, 11) is 0. The zero-order valence-corrected chi connectivity index (χ0v) is 10.7. The molecule has 0 aromatic carbocycles. The fourth-order valence-corrected chi connectivity index (χ4v) is 2.68. The highest BCUT2D eigenvalue weighted by Crippen LogP contribution is 2.37. The van der Waals surface area contributed by atoms with Crippen LogP contribution in [0, 0.1) is 6.92 Å². The highest BCUT2D eigenvalue weighted by Gasteiger charge is 2.45. The number of fused-ring (bicyclic) bond motifs is 1. The summed E-state index contributed by atoms with van der Waals surface area (Å²) in [6.07, 6.45) is 1.40. The minimum absolute atomic E-state index is 0.0389. The van der Waals surface area contributed by atoms with Gasteiger partial charge in [-0.15, -0.1) is 0 Å². The molecule has 1 fully saturated rings. The number of anilines is 2. The monoisotopic (exact) mass is 250 g/mol. The van der Waals surface area contributed by atoms with Crippen molar-refractivity contribution in [2.45, 2.75) is 38.8 Å². The fourth-order valence-electron chi connectivity index (χ4n) is 2.68. The van der Waals surface area contributed by atoms with Gasteiger partial charge in [0.25, 0.3) is 0 Å². The summed E-state index contributed by atoms with van der Waals surface area (Å²) >= 11 is 0. The van der Waals surface area contributed by atoms with Gasteiger partial charge in [-0.1, -0.05) is 0 Å². The maximum absolute atomic E-state index is 12.3. The molecule has 0 saturated carbocycles. The normalized spacial score (nSPS) is 21.3. The van der Waals surface area contributed by atoms with Crippen molar-refractivity contribution in [3.63, 3.8) is 0 Å². The standard InChI is InChI=1S/C12H18N4O2/c1-3-16-10-9(8(2)15-16)13-11(17)12(14-10)4-6-18-7-5-12/h14H,3-7H2,1-2H3,(H,13,17). The zero-order valence-electron chi connectivity index (χ0n) is 10.7. The van der Waals surface area contributed by atoms with Gasteiger partial charge in [-0.25, -0.2) is 4.68 Å². The zero-order chi connectivity index (χ0) is 12.8. The molecule has 1 saturated heterocycles. The van der Waals surface area contributed by atoms with Gasteiger partial charge >= 0.3 is 0 Å². The number of hydrogen-bond donors (Lipinski definition) is 2. The number of aromatic nitrogens is 2. The van der Waals surface area contributed by atoms with Crippen molar-refractivity contribution in [1.82, 2.24) is 9.78 Å². The predicted molar refractivity (Wildman–Crippen MR) is 67.7 cm³/mol. The third kappa shape index (κ3) is 1.52. The van der Waals surface area contributed by atoms with E-state index in [1.807, 2.05) is 18.5 Å². The number of aryl methyl sites for hydroxylation is 2. The second-order valence-electron chi connectivity index (χ2n) is 4.90. The lowest BCUT2D eigenvalue weighted by atomic mass is 9.87. The van der Waals surface area contributed by atoms with Gasteiger partial charge in [0.15, 0.2) is 0 Å². The summed E-state index contributed by atoms with van der Waals surface area (Å²) in [5, 5.41) is 10.8. The van der Waals surface area contributed by atoms with Crippen LogP contribution >= 0.6 is 0 Å². The molecule has 1 aromatic rings. The Hall–Kier alpha value is -1.56. The Bertz CT molecular complexity index is 489. The highest BCUT2D eigenvalue weighted by molar-refractivity contribution is 6.06. The van der Waals surface area contributed by atoms with Gasteiger partial charge in [-0.2, -0.15) is 5.10 Å². The molecule has 0 bridgehead atoms. The maximum atomic E-state index is 12.3. The number of ether oxygens (including phenoxy) is 1. The van der Waals surface area contributed by atoms with Gasteiger partial charge in [-0.05, 0) is 13.8 Å². The number of hydrogen-bond acceptors (Lipinski definition) is 4. The van der Waals surface area contributed by atoms with Crippen LogP contribution in [-0.4, -0.2) is 34.4 Å². The number of amides is 1. The van der Waals surface area contributed by atoms with Crippen LogP contribution in [0.5, 0.6) is 0 Å². The smallest absolute Gasteiger partial charge is 0.250 e. The van der Waals surface area contributed by atoms with Crippen LogP contribution < -0.4 is 10.6 Å².